The van der Waals surface area contributed by atoms with Gasteiger partial charge >= 0.3 is 0 Å². The first-order valence-corrected chi connectivity index (χ1v) is 6.87. The molecule has 1 amide bonds. The van der Waals surface area contributed by atoms with Gasteiger partial charge in [0.05, 0.1) is 6.10 Å². The lowest BCUT2D eigenvalue weighted by atomic mass is 10.1. The molecule has 0 fully saturated rings. The highest BCUT2D eigenvalue weighted by Crippen LogP contribution is 2.25. The van der Waals surface area contributed by atoms with Gasteiger partial charge in [0.2, 0.25) is 0 Å². The summed E-state index contributed by atoms with van der Waals surface area (Å²) in [5.41, 5.74) is 0.334. The molecule has 0 spiro atoms. The van der Waals surface area contributed by atoms with Crippen molar-refractivity contribution in [2.75, 3.05) is 6.61 Å². The molecule has 1 rings (SSSR count). The van der Waals surface area contributed by atoms with Crippen LogP contribution in [0.2, 0.25) is 0 Å². The summed E-state index contributed by atoms with van der Waals surface area (Å²) in [7, 11) is 0. The van der Waals surface area contributed by atoms with E-state index < -0.39 is 11.9 Å². The molecule has 1 aromatic carbocycles. The molecule has 0 radical (unpaired) electrons. The second-order valence-electron chi connectivity index (χ2n) is 4.73. The summed E-state index contributed by atoms with van der Waals surface area (Å²) >= 11 is 0. The van der Waals surface area contributed by atoms with Crippen LogP contribution >= 0.6 is 0 Å². The number of aliphatic hydroxyl groups excluding tert-OH is 1. The van der Waals surface area contributed by atoms with Crippen LogP contribution in [0, 0.1) is 5.82 Å². The summed E-state index contributed by atoms with van der Waals surface area (Å²) < 4.78 is 18.5. The minimum atomic E-state index is -0.859. The number of halogens is 1. The number of amides is 1. The number of rotatable bonds is 7. The minimum Gasteiger partial charge on any atom is -0.483 e. The molecule has 112 valence electrons. The number of aliphatic hydroxyl groups is 1. The highest BCUT2D eigenvalue weighted by Gasteiger charge is 2.13. The lowest BCUT2D eigenvalue weighted by Gasteiger charge is -2.16. The number of hydrogen-bond acceptors (Lipinski definition) is 3. The molecule has 0 aliphatic heterocycles. The molecule has 0 bridgehead atoms. The Morgan fingerprint density at radius 1 is 1.40 bits per heavy atom. The zero-order valence-corrected chi connectivity index (χ0v) is 12.1. The SMILES string of the molecule is CCC(CC)NC(=O)COc1ccc(F)cc1[C@@H](C)O. The lowest BCUT2D eigenvalue weighted by molar-refractivity contribution is -0.123. The van der Waals surface area contributed by atoms with E-state index in [4.69, 9.17) is 4.74 Å². The molecule has 0 aliphatic carbocycles. The van der Waals surface area contributed by atoms with E-state index in [-0.39, 0.29) is 18.6 Å². The fourth-order valence-electron chi connectivity index (χ4n) is 1.88. The van der Waals surface area contributed by atoms with Crippen LogP contribution < -0.4 is 10.1 Å². The van der Waals surface area contributed by atoms with Gasteiger partial charge in [-0.15, -0.1) is 0 Å². The third-order valence-corrected chi connectivity index (χ3v) is 3.13. The maximum absolute atomic E-state index is 13.1. The van der Waals surface area contributed by atoms with Crippen molar-refractivity contribution < 1.29 is 19.0 Å². The van der Waals surface area contributed by atoms with Crippen molar-refractivity contribution in [3.8, 4) is 5.75 Å². The minimum absolute atomic E-state index is 0.135. The summed E-state index contributed by atoms with van der Waals surface area (Å²) in [5, 5.41) is 12.4. The molecule has 2 N–H and O–H groups in total. The van der Waals surface area contributed by atoms with E-state index >= 15 is 0 Å². The number of ether oxygens (including phenoxy) is 1. The molecular formula is C15H22FNO3. The number of hydrogen-bond donors (Lipinski definition) is 2. The molecule has 0 saturated carbocycles. The van der Waals surface area contributed by atoms with Gasteiger partial charge < -0.3 is 15.2 Å². The maximum Gasteiger partial charge on any atom is 0.258 e. The van der Waals surface area contributed by atoms with Crippen molar-refractivity contribution in [1.82, 2.24) is 5.32 Å². The monoisotopic (exact) mass is 283 g/mol. The Balaban J connectivity index is 2.63. The molecular weight excluding hydrogens is 261 g/mol. The van der Waals surface area contributed by atoms with E-state index in [0.717, 1.165) is 12.8 Å². The Morgan fingerprint density at radius 2 is 2.05 bits per heavy atom. The van der Waals surface area contributed by atoms with Crippen LogP contribution in [0.4, 0.5) is 4.39 Å². The largest absolute Gasteiger partial charge is 0.483 e. The van der Waals surface area contributed by atoms with Crippen LogP contribution in [-0.2, 0) is 4.79 Å². The lowest BCUT2D eigenvalue weighted by Crippen LogP contribution is -2.37. The fourth-order valence-corrected chi connectivity index (χ4v) is 1.88. The normalized spacial score (nSPS) is 12.3. The molecule has 0 saturated heterocycles. The standard InChI is InChI=1S/C15H22FNO3/c1-4-12(5-2)17-15(19)9-20-14-7-6-11(16)8-13(14)10(3)18/h6-8,10,12,18H,4-5,9H2,1-3H3,(H,17,19)/t10-/m1/s1. The van der Waals surface area contributed by atoms with Crippen molar-refractivity contribution >= 4 is 5.91 Å². The summed E-state index contributed by atoms with van der Waals surface area (Å²) in [5.74, 6) is -0.351. The Labute approximate surface area is 119 Å². The molecule has 1 atom stereocenters. The molecule has 20 heavy (non-hydrogen) atoms. The van der Waals surface area contributed by atoms with Gasteiger partial charge in [0.15, 0.2) is 6.61 Å². The Hall–Kier alpha value is -1.62. The summed E-state index contributed by atoms with van der Waals surface area (Å²) in [6, 6.07) is 4.00. The number of carbonyl (C=O) groups excluding carboxylic acids is 1. The first-order valence-electron chi connectivity index (χ1n) is 6.87. The smallest absolute Gasteiger partial charge is 0.258 e. The number of carbonyl (C=O) groups is 1. The van der Waals surface area contributed by atoms with E-state index in [1.54, 1.807) is 0 Å². The Morgan fingerprint density at radius 3 is 2.60 bits per heavy atom. The molecule has 5 heteroatoms. The first kappa shape index (κ1) is 16.4. The number of benzene rings is 1. The van der Waals surface area contributed by atoms with Gasteiger partial charge in [0, 0.05) is 11.6 Å². The van der Waals surface area contributed by atoms with Crippen molar-refractivity contribution in [3.63, 3.8) is 0 Å². The second-order valence-corrected chi connectivity index (χ2v) is 4.73. The van der Waals surface area contributed by atoms with Crippen molar-refractivity contribution in [2.45, 2.75) is 45.8 Å². The van der Waals surface area contributed by atoms with Crippen molar-refractivity contribution in [1.29, 1.82) is 0 Å². The van der Waals surface area contributed by atoms with Gasteiger partial charge in [0.25, 0.3) is 5.91 Å². The molecule has 0 heterocycles. The summed E-state index contributed by atoms with van der Waals surface area (Å²) in [6.45, 7) is 5.37. The molecule has 1 aromatic rings. The van der Waals surface area contributed by atoms with Crippen LogP contribution in [0.25, 0.3) is 0 Å². The van der Waals surface area contributed by atoms with Gasteiger partial charge in [-0.05, 0) is 38.0 Å². The topological polar surface area (TPSA) is 58.6 Å². The van der Waals surface area contributed by atoms with Crippen LogP contribution in [0.3, 0.4) is 0 Å². The van der Waals surface area contributed by atoms with Gasteiger partial charge in [-0.2, -0.15) is 0 Å². The molecule has 0 aromatic heterocycles. The predicted octanol–water partition coefficient (Wildman–Crippen LogP) is 2.56. The molecule has 0 aliphatic rings. The fraction of sp³-hybridized carbons (Fsp3) is 0.533. The highest BCUT2D eigenvalue weighted by molar-refractivity contribution is 5.77. The van der Waals surface area contributed by atoms with E-state index in [1.165, 1.54) is 25.1 Å². The molecule has 0 unspecified atom stereocenters. The zero-order valence-electron chi connectivity index (χ0n) is 12.1. The number of nitrogens with one attached hydrogen (secondary N) is 1. The van der Waals surface area contributed by atoms with Crippen LogP contribution in [0.15, 0.2) is 18.2 Å². The second kappa shape index (κ2) is 7.85. The average molecular weight is 283 g/mol. The van der Waals surface area contributed by atoms with E-state index in [0.29, 0.717) is 11.3 Å². The zero-order chi connectivity index (χ0) is 15.1. The van der Waals surface area contributed by atoms with Gasteiger partial charge in [-0.25, -0.2) is 4.39 Å². The van der Waals surface area contributed by atoms with E-state index in [2.05, 4.69) is 5.32 Å². The molecule has 4 nitrogen and oxygen atoms in total. The third kappa shape index (κ3) is 4.81. The predicted molar refractivity (Wildman–Crippen MR) is 75.0 cm³/mol. The van der Waals surface area contributed by atoms with Gasteiger partial charge in [-0.1, -0.05) is 13.8 Å². The third-order valence-electron chi connectivity index (χ3n) is 3.13. The van der Waals surface area contributed by atoms with Crippen LogP contribution in [-0.4, -0.2) is 23.7 Å². The van der Waals surface area contributed by atoms with E-state index in [9.17, 15) is 14.3 Å². The van der Waals surface area contributed by atoms with Crippen molar-refractivity contribution in [2.24, 2.45) is 0 Å². The van der Waals surface area contributed by atoms with Gasteiger partial charge in [0.1, 0.15) is 11.6 Å². The quantitative estimate of drug-likeness (QED) is 0.808. The first-order chi connectivity index (χ1) is 9.47. The highest BCUT2D eigenvalue weighted by atomic mass is 19.1. The Kier molecular flexibility index (Phi) is 6.45. The van der Waals surface area contributed by atoms with E-state index in [1.807, 2.05) is 13.8 Å². The van der Waals surface area contributed by atoms with Crippen LogP contribution in [0.5, 0.6) is 5.75 Å². The summed E-state index contributed by atoms with van der Waals surface area (Å²) in [6.07, 6.45) is 0.859. The summed E-state index contributed by atoms with van der Waals surface area (Å²) in [4.78, 5) is 11.7. The maximum atomic E-state index is 13.1. The van der Waals surface area contributed by atoms with Crippen LogP contribution in [0.1, 0.15) is 45.3 Å². The van der Waals surface area contributed by atoms with Crippen molar-refractivity contribution in [3.05, 3.63) is 29.6 Å². The van der Waals surface area contributed by atoms with Gasteiger partial charge in [-0.3, -0.25) is 4.79 Å². The average Bonchev–Trinajstić information content (AvgIpc) is 2.43. The Bertz CT molecular complexity index is 445.